The number of halogens is 2. The average Bonchev–Trinajstić information content (AvgIpc) is 2.31. The first-order valence-electron chi connectivity index (χ1n) is 5.76. The van der Waals surface area contributed by atoms with Gasteiger partial charge < -0.3 is 9.84 Å². The van der Waals surface area contributed by atoms with Crippen LogP contribution in [-0.2, 0) is 14.3 Å². The number of benzene rings is 1. The number of hydrogen-bond acceptors (Lipinski definition) is 3. The van der Waals surface area contributed by atoms with Crippen molar-refractivity contribution in [3.63, 3.8) is 0 Å². The number of hydrogen-bond donors (Lipinski definition) is 1. The Morgan fingerprint density at radius 3 is 2.47 bits per heavy atom. The lowest BCUT2D eigenvalue weighted by Crippen LogP contribution is -2.13. The molecule has 19 heavy (non-hydrogen) atoms. The molecule has 0 amide bonds. The summed E-state index contributed by atoms with van der Waals surface area (Å²) >= 11 is 11.7. The van der Waals surface area contributed by atoms with Crippen LogP contribution in [0.1, 0.15) is 31.2 Å². The van der Waals surface area contributed by atoms with Gasteiger partial charge in [-0.2, -0.15) is 0 Å². The number of ether oxygens (including phenoxy) is 1. The second-order valence-corrected chi connectivity index (χ2v) is 4.79. The molecule has 0 aliphatic rings. The predicted octanol–water partition coefficient (Wildman–Crippen LogP) is 3.50. The number of rotatable bonds is 6. The Labute approximate surface area is 121 Å². The van der Waals surface area contributed by atoms with Gasteiger partial charge in [-0.05, 0) is 24.6 Å². The molecule has 1 rings (SSSR count). The second kappa shape index (κ2) is 7.36. The van der Waals surface area contributed by atoms with Gasteiger partial charge in [-0.1, -0.05) is 29.3 Å². The molecule has 0 aliphatic carbocycles. The second-order valence-electron chi connectivity index (χ2n) is 3.98. The number of carboxylic acids is 1. The molecule has 4 nitrogen and oxygen atoms in total. The minimum atomic E-state index is -0.986. The molecular formula is C13H14Cl2O4. The summed E-state index contributed by atoms with van der Waals surface area (Å²) in [5.74, 6) is -1.90. The van der Waals surface area contributed by atoms with E-state index in [-0.39, 0.29) is 19.4 Å². The Morgan fingerprint density at radius 2 is 1.95 bits per heavy atom. The molecule has 1 atom stereocenters. The van der Waals surface area contributed by atoms with E-state index >= 15 is 0 Å². The van der Waals surface area contributed by atoms with Crippen LogP contribution >= 0.6 is 23.2 Å². The normalized spacial score (nSPS) is 11.9. The van der Waals surface area contributed by atoms with E-state index in [4.69, 9.17) is 33.0 Å². The van der Waals surface area contributed by atoms with Crippen molar-refractivity contribution in [3.05, 3.63) is 33.8 Å². The predicted molar refractivity (Wildman–Crippen MR) is 72.7 cm³/mol. The fourth-order valence-electron chi connectivity index (χ4n) is 1.71. The summed E-state index contributed by atoms with van der Waals surface area (Å²) in [6.45, 7) is 1.96. The highest BCUT2D eigenvalue weighted by molar-refractivity contribution is 6.42. The molecule has 0 saturated carbocycles. The first-order valence-corrected chi connectivity index (χ1v) is 6.52. The van der Waals surface area contributed by atoms with Gasteiger partial charge >= 0.3 is 11.9 Å². The summed E-state index contributed by atoms with van der Waals surface area (Å²) < 4.78 is 4.84. The van der Waals surface area contributed by atoms with Gasteiger partial charge in [-0.25, -0.2) is 0 Å². The zero-order valence-corrected chi connectivity index (χ0v) is 11.9. The zero-order valence-electron chi connectivity index (χ0n) is 10.4. The van der Waals surface area contributed by atoms with Crippen molar-refractivity contribution in [1.29, 1.82) is 0 Å². The maximum atomic E-state index is 11.5. The van der Waals surface area contributed by atoms with Crippen LogP contribution < -0.4 is 0 Å². The summed E-state index contributed by atoms with van der Waals surface area (Å²) in [5, 5.41) is 9.62. The van der Waals surface area contributed by atoms with Crippen LogP contribution in [0.15, 0.2) is 18.2 Å². The maximum Gasteiger partial charge on any atom is 0.306 e. The van der Waals surface area contributed by atoms with Crippen LogP contribution in [0.4, 0.5) is 0 Å². The number of carboxylic acid groups (broad SMARTS) is 1. The first kappa shape index (κ1) is 15.8. The molecule has 1 aromatic rings. The molecule has 0 aliphatic heterocycles. The van der Waals surface area contributed by atoms with Crippen molar-refractivity contribution in [3.8, 4) is 0 Å². The van der Waals surface area contributed by atoms with Crippen LogP contribution in [-0.4, -0.2) is 23.7 Å². The smallest absolute Gasteiger partial charge is 0.306 e. The van der Waals surface area contributed by atoms with E-state index in [1.54, 1.807) is 25.1 Å². The summed E-state index contributed by atoms with van der Waals surface area (Å²) in [7, 11) is 0. The van der Waals surface area contributed by atoms with Gasteiger partial charge in [-0.15, -0.1) is 0 Å². The standard InChI is InChI=1S/C13H14Cl2O4/c1-2-19-13(18)7-9(6-12(16)17)8-3-4-10(14)11(15)5-8/h3-5,9H,2,6-7H2,1H3,(H,16,17)/t9-/m1/s1. The monoisotopic (exact) mass is 304 g/mol. The molecule has 1 N–H and O–H groups in total. The molecule has 104 valence electrons. The molecule has 0 spiro atoms. The number of carbonyl (C=O) groups excluding carboxylic acids is 1. The van der Waals surface area contributed by atoms with Crippen LogP contribution in [0.25, 0.3) is 0 Å². The number of esters is 1. The number of carbonyl (C=O) groups is 2. The van der Waals surface area contributed by atoms with Crippen LogP contribution in [0.3, 0.4) is 0 Å². The summed E-state index contributed by atoms with van der Waals surface area (Å²) in [6.07, 6.45) is -0.172. The van der Waals surface area contributed by atoms with Gasteiger partial charge in [0.1, 0.15) is 0 Å². The van der Waals surface area contributed by atoms with E-state index in [1.807, 2.05) is 0 Å². The largest absolute Gasteiger partial charge is 0.481 e. The highest BCUT2D eigenvalue weighted by Gasteiger charge is 2.20. The van der Waals surface area contributed by atoms with E-state index in [2.05, 4.69) is 0 Å². The highest BCUT2D eigenvalue weighted by Crippen LogP contribution is 2.30. The summed E-state index contributed by atoms with van der Waals surface area (Å²) in [6, 6.07) is 4.83. The van der Waals surface area contributed by atoms with Crippen LogP contribution in [0.5, 0.6) is 0 Å². The Balaban J connectivity index is 2.91. The van der Waals surface area contributed by atoms with Gasteiger partial charge in [0, 0.05) is 5.92 Å². The third kappa shape index (κ3) is 5.09. The Hall–Kier alpha value is -1.26. The van der Waals surface area contributed by atoms with E-state index in [9.17, 15) is 9.59 Å². The van der Waals surface area contributed by atoms with Gasteiger partial charge in [-0.3, -0.25) is 9.59 Å². The fourth-order valence-corrected chi connectivity index (χ4v) is 2.01. The van der Waals surface area contributed by atoms with Gasteiger partial charge in [0.15, 0.2) is 0 Å². The number of aliphatic carboxylic acids is 1. The third-order valence-corrected chi connectivity index (χ3v) is 3.29. The quantitative estimate of drug-likeness (QED) is 0.817. The summed E-state index contributed by atoms with van der Waals surface area (Å²) in [4.78, 5) is 22.3. The van der Waals surface area contributed by atoms with Crippen molar-refractivity contribution >= 4 is 35.1 Å². The minimum absolute atomic E-state index is 0.00188. The topological polar surface area (TPSA) is 63.6 Å². The van der Waals surface area contributed by atoms with E-state index in [0.29, 0.717) is 15.6 Å². The van der Waals surface area contributed by atoms with Crippen molar-refractivity contribution in [2.45, 2.75) is 25.7 Å². The van der Waals surface area contributed by atoms with Crippen LogP contribution in [0, 0.1) is 0 Å². The Morgan fingerprint density at radius 1 is 1.26 bits per heavy atom. The molecular weight excluding hydrogens is 291 g/mol. The van der Waals surface area contributed by atoms with E-state index < -0.39 is 17.9 Å². The van der Waals surface area contributed by atoms with Crippen molar-refractivity contribution in [1.82, 2.24) is 0 Å². The fraction of sp³-hybridized carbons (Fsp3) is 0.385. The third-order valence-electron chi connectivity index (χ3n) is 2.55. The average molecular weight is 305 g/mol. The Bertz CT molecular complexity index is 474. The van der Waals surface area contributed by atoms with E-state index in [1.165, 1.54) is 0 Å². The molecule has 0 heterocycles. The molecule has 0 unspecified atom stereocenters. The molecule has 0 radical (unpaired) electrons. The van der Waals surface area contributed by atoms with E-state index in [0.717, 1.165) is 0 Å². The molecule has 6 heteroatoms. The van der Waals surface area contributed by atoms with Crippen molar-refractivity contribution in [2.24, 2.45) is 0 Å². The summed E-state index contributed by atoms with van der Waals surface area (Å²) in [5.41, 5.74) is 0.657. The molecule has 1 aromatic carbocycles. The highest BCUT2D eigenvalue weighted by atomic mass is 35.5. The van der Waals surface area contributed by atoms with Crippen molar-refractivity contribution < 1.29 is 19.4 Å². The minimum Gasteiger partial charge on any atom is -0.481 e. The molecule has 0 saturated heterocycles. The SMILES string of the molecule is CCOC(=O)C[C@@H](CC(=O)O)c1ccc(Cl)c(Cl)c1. The van der Waals surface area contributed by atoms with Gasteiger partial charge in [0.05, 0.1) is 29.5 Å². The zero-order chi connectivity index (χ0) is 14.4. The lowest BCUT2D eigenvalue weighted by Gasteiger charge is -2.15. The molecule has 0 fully saturated rings. The molecule has 0 aromatic heterocycles. The van der Waals surface area contributed by atoms with Crippen molar-refractivity contribution in [2.75, 3.05) is 6.61 Å². The van der Waals surface area contributed by atoms with Gasteiger partial charge in [0.25, 0.3) is 0 Å². The maximum absolute atomic E-state index is 11.5. The van der Waals surface area contributed by atoms with Gasteiger partial charge in [0.2, 0.25) is 0 Å². The Kier molecular flexibility index (Phi) is 6.12. The first-order chi connectivity index (χ1) is 8.93. The lowest BCUT2D eigenvalue weighted by molar-refractivity contribution is -0.144. The van der Waals surface area contributed by atoms with Crippen LogP contribution in [0.2, 0.25) is 10.0 Å². The lowest BCUT2D eigenvalue weighted by atomic mass is 9.92. The molecule has 0 bridgehead atoms.